The molecule has 1 fully saturated rings. The number of pyridine rings is 1. The van der Waals surface area contributed by atoms with Crippen molar-refractivity contribution in [2.45, 2.75) is 12.6 Å². The number of carbonyl (C=O) groups excluding carboxylic acids is 3. The van der Waals surface area contributed by atoms with Crippen LogP contribution in [0.2, 0.25) is 5.02 Å². The summed E-state index contributed by atoms with van der Waals surface area (Å²) < 4.78 is 40.0. The van der Waals surface area contributed by atoms with Crippen LogP contribution in [0, 0.1) is 0 Å². The quantitative estimate of drug-likeness (QED) is 0.568. The Morgan fingerprint density at radius 3 is 2.43 bits per heavy atom. The highest BCUT2D eigenvalue weighted by Gasteiger charge is 2.39. The van der Waals surface area contributed by atoms with E-state index < -0.39 is 35.1 Å². The first-order chi connectivity index (χ1) is 16.6. The molecule has 1 N–H and O–H groups in total. The Hall–Kier alpha value is -4.06. The van der Waals surface area contributed by atoms with Crippen molar-refractivity contribution < 1.29 is 27.6 Å². The second-order valence-corrected chi connectivity index (χ2v) is 7.82. The average Bonchev–Trinajstić information content (AvgIpc) is 2.85. The lowest BCUT2D eigenvalue weighted by Gasteiger charge is -2.33. The minimum Gasteiger partial charge on any atom is -0.305 e. The van der Waals surface area contributed by atoms with E-state index >= 15 is 0 Å². The van der Waals surface area contributed by atoms with Gasteiger partial charge in [-0.3, -0.25) is 19.4 Å². The molecule has 9 nitrogen and oxygen atoms in total. The third kappa shape index (κ3) is 5.22. The Morgan fingerprint density at radius 2 is 1.77 bits per heavy atom. The molecule has 0 unspecified atom stereocenters. The summed E-state index contributed by atoms with van der Waals surface area (Å²) >= 11 is 5.76. The lowest BCUT2D eigenvalue weighted by Crippen LogP contribution is -2.52. The van der Waals surface area contributed by atoms with Crippen LogP contribution < -0.4 is 10.2 Å². The van der Waals surface area contributed by atoms with Gasteiger partial charge in [0.15, 0.2) is 11.5 Å². The lowest BCUT2D eigenvalue weighted by molar-refractivity contribution is -0.138. The summed E-state index contributed by atoms with van der Waals surface area (Å²) in [6, 6.07) is 9.15. The molecule has 3 heterocycles. The van der Waals surface area contributed by atoms with Crippen molar-refractivity contribution >= 4 is 41.1 Å². The molecule has 0 saturated carbocycles. The highest BCUT2D eigenvalue weighted by molar-refractivity contribution is 6.30. The van der Waals surface area contributed by atoms with E-state index in [0.717, 1.165) is 21.9 Å². The maximum atomic E-state index is 13.3. The fraction of sp³-hybridized carbons (Fsp3) is 0.182. The molecule has 0 bridgehead atoms. The van der Waals surface area contributed by atoms with Gasteiger partial charge < -0.3 is 5.32 Å². The molecule has 3 aromatic rings. The number of aromatic nitrogens is 3. The highest BCUT2D eigenvalue weighted by atomic mass is 35.5. The number of nitrogens with zero attached hydrogens (tertiary/aromatic N) is 5. The molecule has 35 heavy (non-hydrogen) atoms. The number of halogens is 4. The fourth-order valence-corrected chi connectivity index (χ4v) is 3.52. The number of imide groups is 1. The van der Waals surface area contributed by atoms with E-state index in [1.807, 2.05) is 0 Å². The number of benzene rings is 1. The van der Waals surface area contributed by atoms with Crippen LogP contribution in [0.5, 0.6) is 0 Å². The topological polar surface area (TPSA) is 108 Å². The van der Waals surface area contributed by atoms with Gasteiger partial charge in [0, 0.05) is 19.3 Å². The predicted molar refractivity (Wildman–Crippen MR) is 119 cm³/mol. The zero-order chi connectivity index (χ0) is 25.2. The van der Waals surface area contributed by atoms with Crippen LogP contribution in [-0.4, -0.2) is 51.0 Å². The van der Waals surface area contributed by atoms with E-state index in [9.17, 15) is 27.6 Å². The van der Waals surface area contributed by atoms with Crippen molar-refractivity contribution in [2.75, 3.05) is 23.3 Å². The van der Waals surface area contributed by atoms with Gasteiger partial charge in [-0.1, -0.05) is 23.7 Å². The highest BCUT2D eigenvalue weighted by Crippen LogP contribution is 2.33. The largest absolute Gasteiger partial charge is 0.417 e. The van der Waals surface area contributed by atoms with E-state index in [1.165, 1.54) is 36.5 Å². The van der Waals surface area contributed by atoms with Crippen LogP contribution in [0.15, 0.2) is 54.7 Å². The monoisotopic (exact) mass is 504 g/mol. The van der Waals surface area contributed by atoms with Gasteiger partial charge in [-0.2, -0.15) is 13.2 Å². The van der Waals surface area contributed by atoms with Gasteiger partial charge in [-0.15, -0.1) is 10.2 Å². The number of hydrogen-bond donors (Lipinski definition) is 1. The summed E-state index contributed by atoms with van der Waals surface area (Å²) in [4.78, 5) is 44.0. The van der Waals surface area contributed by atoms with E-state index in [4.69, 9.17) is 11.6 Å². The van der Waals surface area contributed by atoms with Gasteiger partial charge in [0.2, 0.25) is 0 Å². The molecular weight excluding hydrogens is 489 g/mol. The van der Waals surface area contributed by atoms with E-state index in [0.29, 0.717) is 11.4 Å². The molecule has 1 aliphatic rings. The summed E-state index contributed by atoms with van der Waals surface area (Å²) in [6.45, 7) is 0.112. The number of amides is 4. The van der Waals surface area contributed by atoms with Gasteiger partial charge in [0.25, 0.3) is 11.8 Å². The Labute approximate surface area is 201 Å². The van der Waals surface area contributed by atoms with Crippen LogP contribution in [-0.2, 0) is 6.18 Å². The van der Waals surface area contributed by atoms with Crippen LogP contribution in [0.3, 0.4) is 0 Å². The van der Waals surface area contributed by atoms with Crippen molar-refractivity contribution in [3.8, 4) is 0 Å². The standard InChI is InChI=1S/C22H16ClF3N6O3/c23-13-6-8-17(27-12-13)28-19(33)16-7-9-18(30-29-16)31-10-3-11-32(21(31)35)20(34)14-4-1-2-5-15(14)22(24,25)26/h1-2,4-9,12H,3,10-11H2,(H,27,28,33). The minimum atomic E-state index is -4.76. The van der Waals surface area contributed by atoms with Gasteiger partial charge >= 0.3 is 12.2 Å². The maximum Gasteiger partial charge on any atom is 0.417 e. The smallest absolute Gasteiger partial charge is 0.305 e. The van der Waals surface area contributed by atoms with E-state index in [-0.39, 0.29) is 30.4 Å². The van der Waals surface area contributed by atoms with Crippen LogP contribution in [0.1, 0.15) is 32.8 Å². The average molecular weight is 505 g/mol. The lowest BCUT2D eigenvalue weighted by atomic mass is 10.1. The molecule has 180 valence electrons. The van der Waals surface area contributed by atoms with Gasteiger partial charge in [-0.05, 0) is 42.8 Å². The number of anilines is 2. The van der Waals surface area contributed by atoms with Crippen molar-refractivity contribution in [1.82, 2.24) is 20.1 Å². The molecule has 0 radical (unpaired) electrons. The zero-order valence-electron chi connectivity index (χ0n) is 17.8. The second-order valence-electron chi connectivity index (χ2n) is 7.38. The van der Waals surface area contributed by atoms with Crippen LogP contribution in [0.4, 0.5) is 29.6 Å². The summed E-state index contributed by atoms with van der Waals surface area (Å²) in [5.74, 6) is -1.39. The third-order valence-corrected chi connectivity index (χ3v) is 5.29. The van der Waals surface area contributed by atoms with Gasteiger partial charge in [-0.25, -0.2) is 9.78 Å². The molecule has 0 aliphatic carbocycles. The molecule has 2 aromatic heterocycles. The molecule has 0 atom stereocenters. The summed E-state index contributed by atoms with van der Waals surface area (Å²) in [5, 5.41) is 10.6. The Bertz CT molecular complexity index is 1270. The first-order valence-electron chi connectivity index (χ1n) is 10.2. The molecule has 1 aliphatic heterocycles. The third-order valence-electron chi connectivity index (χ3n) is 5.06. The SMILES string of the molecule is O=C(Nc1ccc(Cl)cn1)c1ccc(N2CCCN(C(=O)c3ccccc3C(F)(F)F)C2=O)nn1. The predicted octanol–water partition coefficient (Wildman–Crippen LogP) is 4.27. The van der Waals surface area contributed by atoms with Crippen molar-refractivity contribution in [3.63, 3.8) is 0 Å². The summed E-state index contributed by atoms with van der Waals surface area (Å²) in [5.41, 5.74) is -1.81. The maximum absolute atomic E-state index is 13.3. The number of alkyl halides is 3. The second kappa shape index (κ2) is 9.66. The Morgan fingerprint density at radius 1 is 1.00 bits per heavy atom. The number of urea groups is 1. The zero-order valence-corrected chi connectivity index (χ0v) is 18.5. The Balaban J connectivity index is 1.50. The first-order valence-corrected chi connectivity index (χ1v) is 10.6. The molecular formula is C22H16ClF3N6O3. The van der Waals surface area contributed by atoms with Crippen molar-refractivity contribution in [3.05, 3.63) is 76.6 Å². The first kappa shape index (κ1) is 24.1. The minimum absolute atomic E-state index is 0.0396. The molecule has 0 spiro atoms. The number of hydrogen-bond acceptors (Lipinski definition) is 6. The molecule has 1 aromatic carbocycles. The van der Waals surface area contributed by atoms with Crippen LogP contribution >= 0.6 is 11.6 Å². The summed E-state index contributed by atoms with van der Waals surface area (Å²) in [6.07, 6.45) is -3.10. The fourth-order valence-electron chi connectivity index (χ4n) is 3.41. The van der Waals surface area contributed by atoms with Crippen LogP contribution in [0.25, 0.3) is 0 Å². The normalized spacial score (nSPS) is 14.1. The van der Waals surface area contributed by atoms with Gasteiger partial charge in [0.05, 0.1) is 16.1 Å². The molecule has 4 rings (SSSR count). The number of carbonyl (C=O) groups is 3. The number of nitrogens with one attached hydrogen (secondary N) is 1. The van der Waals surface area contributed by atoms with Gasteiger partial charge in [0.1, 0.15) is 5.82 Å². The van der Waals surface area contributed by atoms with E-state index in [1.54, 1.807) is 6.07 Å². The summed E-state index contributed by atoms with van der Waals surface area (Å²) in [7, 11) is 0. The van der Waals surface area contributed by atoms with E-state index in [2.05, 4.69) is 20.5 Å². The Kier molecular flexibility index (Phi) is 6.65. The molecule has 4 amide bonds. The molecule has 13 heteroatoms. The van der Waals surface area contributed by atoms with Crippen molar-refractivity contribution in [1.29, 1.82) is 0 Å². The van der Waals surface area contributed by atoms with Crippen molar-refractivity contribution in [2.24, 2.45) is 0 Å². The molecule has 1 saturated heterocycles. The number of rotatable bonds is 4.